The van der Waals surface area contributed by atoms with Gasteiger partial charge in [-0.1, -0.05) is 39.0 Å². The first-order valence-electron chi connectivity index (χ1n) is 5.79. The number of halogens is 1. The van der Waals surface area contributed by atoms with E-state index in [1.54, 1.807) is 0 Å². The molecule has 2 atom stereocenters. The normalized spacial score (nSPS) is 15.1. The minimum absolute atomic E-state index is 0.183. The molecule has 0 aliphatic heterocycles. The smallest absolute Gasteiger partial charge is 0.0790 e. The third-order valence-corrected chi connectivity index (χ3v) is 4.14. The van der Waals surface area contributed by atoms with E-state index >= 15 is 0 Å². The van der Waals surface area contributed by atoms with Gasteiger partial charge in [-0.05, 0) is 6.42 Å². The molecule has 0 aromatic heterocycles. The third kappa shape index (κ3) is 10.7. The lowest BCUT2D eigenvalue weighted by atomic mass is 10.1. The van der Waals surface area contributed by atoms with E-state index in [0.29, 0.717) is 11.5 Å². The van der Waals surface area contributed by atoms with Crippen molar-refractivity contribution in [3.63, 3.8) is 0 Å². The molecule has 0 aliphatic rings. The maximum Gasteiger partial charge on any atom is 0.0790 e. The summed E-state index contributed by atoms with van der Waals surface area (Å²) >= 11 is 5.43. The molecule has 0 heterocycles. The van der Waals surface area contributed by atoms with Crippen LogP contribution in [0.25, 0.3) is 0 Å². The van der Waals surface area contributed by atoms with Crippen molar-refractivity contribution >= 4 is 22.4 Å². The first kappa shape index (κ1) is 15.4. The second-order valence-electron chi connectivity index (χ2n) is 3.89. The minimum Gasteiger partial charge on any atom is -0.391 e. The van der Waals surface area contributed by atoms with E-state index in [2.05, 4.69) is 6.92 Å². The van der Waals surface area contributed by atoms with Gasteiger partial charge in [0.2, 0.25) is 0 Å². The Bertz CT molecular complexity index is 165. The molecule has 92 valence electrons. The summed E-state index contributed by atoms with van der Waals surface area (Å²) in [5.41, 5.74) is 0. The Morgan fingerprint density at radius 1 is 1.20 bits per heavy atom. The Kier molecular flexibility index (Phi) is 11.2. The summed E-state index contributed by atoms with van der Waals surface area (Å²) in [6.45, 7) is 2.20. The van der Waals surface area contributed by atoms with Gasteiger partial charge in [-0.2, -0.15) is 0 Å². The number of rotatable bonds is 10. The van der Waals surface area contributed by atoms with E-state index in [1.807, 2.05) is 0 Å². The topological polar surface area (TPSA) is 37.3 Å². The zero-order valence-electron chi connectivity index (χ0n) is 9.58. The maximum atomic E-state index is 11.4. The molecule has 15 heavy (non-hydrogen) atoms. The molecule has 0 rings (SSSR count). The van der Waals surface area contributed by atoms with Crippen LogP contribution >= 0.6 is 11.6 Å². The fraction of sp³-hybridized carbons (Fsp3) is 1.00. The molecule has 0 amide bonds. The van der Waals surface area contributed by atoms with Crippen LogP contribution in [0.3, 0.4) is 0 Å². The number of hydrogen-bond donors (Lipinski definition) is 1. The third-order valence-electron chi connectivity index (χ3n) is 2.28. The Labute approximate surface area is 101 Å². The minimum atomic E-state index is -0.892. The molecule has 0 fully saturated rings. The van der Waals surface area contributed by atoms with Crippen molar-refractivity contribution < 1.29 is 9.32 Å². The van der Waals surface area contributed by atoms with Gasteiger partial charge in [-0.25, -0.2) is 0 Å². The summed E-state index contributed by atoms with van der Waals surface area (Å²) in [5.74, 6) is 1.22. The summed E-state index contributed by atoms with van der Waals surface area (Å²) in [6, 6.07) is 0. The van der Waals surface area contributed by atoms with Gasteiger partial charge in [0.1, 0.15) is 0 Å². The average molecular weight is 255 g/mol. The van der Waals surface area contributed by atoms with Crippen LogP contribution in [0.4, 0.5) is 0 Å². The van der Waals surface area contributed by atoms with Gasteiger partial charge >= 0.3 is 0 Å². The first-order valence-corrected chi connectivity index (χ1v) is 7.82. The quantitative estimate of drug-likeness (QED) is 0.481. The largest absolute Gasteiger partial charge is 0.391 e. The van der Waals surface area contributed by atoms with Crippen molar-refractivity contribution in [2.45, 2.75) is 51.6 Å². The number of aliphatic hydroxyl groups excluding tert-OH is 1. The van der Waals surface area contributed by atoms with Crippen molar-refractivity contribution in [3.05, 3.63) is 0 Å². The van der Waals surface area contributed by atoms with Gasteiger partial charge in [0.15, 0.2) is 0 Å². The SMILES string of the molecule is CCCCCCCC[S@](=O)C[C@H](O)CCl. The van der Waals surface area contributed by atoms with Crippen LogP contribution in [0.1, 0.15) is 45.4 Å². The molecule has 0 saturated carbocycles. The van der Waals surface area contributed by atoms with Crippen LogP contribution < -0.4 is 0 Å². The van der Waals surface area contributed by atoms with Crippen LogP contribution in [-0.2, 0) is 10.8 Å². The predicted octanol–water partition coefficient (Wildman–Crippen LogP) is 2.70. The number of hydrogen-bond acceptors (Lipinski definition) is 2. The van der Waals surface area contributed by atoms with Gasteiger partial charge in [0, 0.05) is 22.4 Å². The highest BCUT2D eigenvalue weighted by Crippen LogP contribution is 2.06. The second-order valence-corrected chi connectivity index (χ2v) is 5.82. The molecule has 0 bridgehead atoms. The van der Waals surface area contributed by atoms with Crippen molar-refractivity contribution in [1.82, 2.24) is 0 Å². The van der Waals surface area contributed by atoms with Gasteiger partial charge in [-0.15, -0.1) is 11.6 Å². The predicted molar refractivity (Wildman–Crippen MR) is 68.0 cm³/mol. The summed E-state index contributed by atoms with van der Waals surface area (Å²) in [5, 5.41) is 9.18. The van der Waals surface area contributed by atoms with Crippen molar-refractivity contribution in [2.75, 3.05) is 17.4 Å². The monoisotopic (exact) mass is 254 g/mol. The standard InChI is InChI=1S/C11H23ClO2S/c1-2-3-4-5-6-7-8-15(14)10-11(13)9-12/h11,13H,2-10H2,1H3/t11-,15+/m1/s1. The van der Waals surface area contributed by atoms with Crippen molar-refractivity contribution in [3.8, 4) is 0 Å². The lowest BCUT2D eigenvalue weighted by molar-refractivity contribution is 0.222. The number of aliphatic hydroxyl groups is 1. The Morgan fingerprint density at radius 2 is 1.80 bits per heavy atom. The van der Waals surface area contributed by atoms with E-state index in [-0.39, 0.29) is 5.88 Å². The molecular formula is C11H23ClO2S. The molecule has 0 radical (unpaired) electrons. The molecule has 0 unspecified atom stereocenters. The summed E-state index contributed by atoms with van der Waals surface area (Å²) in [6.07, 6.45) is 6.64. The van der Waals surface area contributed by atoms with E-state index < -0.39 is 16.9 Å². The summed E-state index contributed by atoms with van der Waals surface area (Å²) in [4.78, 5) is 0. The molecule has 0 saturated heterocycles. The van der Waals surface area contributed by atoms with Crippen LogP contribution in [-0.4, -0.2) is 32.8 Å². The molecule has 1 N–H and O–H groups in total. The highest BCUT2D eigenvalue weighted by atomic mass is 35.5. The van der Waals surface area contributed by atoms with E-state index in [4.69, 9.17) is 11.6 Å². The fourth-order valence-corrected chi connectivity index (χ4v) is 2.86. The fourth-order valence-electron chi connectivity index (χ4n) is 1.39. The summed E-state index contributed by atoms with van der Waals surface area (Å²) < 4.78 is 11.4. The van der Waals surface area contributed by atoms with Gasteiger partial charge in [0.05, 0.1) is 11.9 Å². The first-order chi connectivity index (χ1) is 7.20. The van der Waals surface area contributed by atoms with Crippen LogP contribution in [0, 0.1) is 0 Å². The highest BCUT2D eigenvalue weighted by Gasteiger charge is 2.07. The Hall–Kier alpha value is 0.400. The van der Waals surface area contributed by atoms with Crippen LogP contribution in [0.2, 0.25) is 0 Å². The molecule has 0 spiro atoms. The Balaban J connectivity index is 3.24. The molecular weight excluding hydrogens is 232 g/mol. The van der Waals surface area contributed by atoms with E-state index in [0.717, 1.165) is 12.8 Å². The molecule has 0 aromatic carbocycles. The van der Waals surface area contributed by atoms with Crippen molar-refractivity contribution in [2.24, 2.45) is 0 Å². The maximum absolute atomic E-state index is 11.4. The van der Waals surface area contributed by atoms with E-state index in [1.165, 1.54) is 25.7 Å². The zero-order chi connectivity index (χ0) is 11.5. The van der Waals surface area contributed by atoms with Gasteiger partial charge in [-0.3, -0.25) is 4.21 Å². The molecule has 0 aromatic rings. The summed E-state index contributed by atoms with van der Waals surface area (Å²) in [7, 11) is -0.892. The lowest BCUT2D eigenvalue weighted by Gasteiger charge is -2.06. The van der Waals surface area contributed by atoms with Crippen LogP contribution in [0.5, 0.6) is 0 Å². The van der Waals surface area contributed by atoms with Gasteiger partial charge in [0.25, 0.3) is 0 Å². The highest BCUT2D eigenvalue weighted by molar-refractivity contribution is 7.85. The second kappa shape index (κ2) is 10.9. The van der Waals surface area contributed by atoms with Crippen LogP contribution in [0.15, 0.2) is 0 Å². The number of unbranched alkanes of at least 4 members (excludes halogenated alkanes) is 5. The van der Waals surface area contributed by atoms with Gasteiger partial charge < -0.3 is 5.11 Å². The molecule has 2 nitrogen and oxygen atoms in total. The molecule has 0 aliphatic carbocycles. The average Bonchev–Trinajstić information content (AvgIpc) is 2.23. The number of alkyl halides is 1. The lowest BCUT2D eigenvalue weighted by Crippen LogP contribution is -2.19. The van der Waals surface area contributed by atoms with Crippen molar-refractivity contribution in [1.29, 1.82) is 0 Å². The zero-order valence-corrected chi connectivity index (χ0v) is 11.2. The van der Waals surface area contributed by atoms with E-state index in [9.17, 15) is 9.32 Å². The Morgan fingerprint density at radius 3 is 2.40 bits per heavy atom. The molecule has 4 heteroatoms.